The molecule has 1 fully saturated rings. The molecule has 1 amide bonds. The van der Waals surface area contributed by atoms with Crippen molar-refractivity contribution in [2.45, 2.75) is 0 Å². The zero-order valence-corrected chi connectivity index (χ0v) is 16.0. The zero-order valence-electron chi connectivity index (χ0n) is 14.4. The maximum atomic E-state index is 12.3. The van der Waals surface area contributed by atoms with Gasteiger partial charge in [-0.05, 0) is 35.7 Å². The highest BCUT2D eigenvalue weighted by Gasteiger charge is 2.21. The van der Waals surface area contributed by atoms with Gasteiger partial charge in [0.15, 0.2) is 0 Å². The quantitative estimate of drug-likeness (QED) is 0.791. The minimum atomic E-state index is -0.438. The van der Waals surface area contributed by atoms with Gasteiger partial charge < -0.3 is 15.0 Å². The van der Waals surface area contributed by atoms with Crippen LogP contribution >= 0.6 is 22.9 Å². The summed E-state index contributed by atoms with van der Waals surface area (Å²) >= 11 is 7.18. The molecule has 1 saturated heterocycles. The number of piperazine rings is 1. The Labute approximate surface area is 161 Å². The Kier molecular flexibility index (Phi) is 6.13. The van der Waals surface area contributed by atoms with E-state index in [0.29, 0.717) is 17.1 Å². The average molecular weight is 394 g/mol. The van der Waals surface area contributed by atoms with E-state index in [4.69, 9.17) is 16.3 Å². The number of thiophene rings is 1. The third-order valence-corrected chi connectivity index (χ3v) is 5.39. The summed E-state index contributed by atoms with van der Waals surface area (Å²) in [5.74, 6) is -0.569. The number of rotatable bonds is 5. The van der Waals surface area contributed by atoms with Gasteiger partial charge in [-0.2, -0.15) is 0 Å². The number of hydrogen-bond acceptors (Lipinski definition) is 6. The minimum Gasteiger partial charge on any atom is -0.465 e. The van der Waals surface area contributed by atoms with Crippen molar-refractivity contribution in [3.63, 3.8) is 0 Å². The van der Waals surface area contributed by atoms with Crippen LogP contribution < -0.4 is 10.2 Å². The predicted octanol–water partition coefficient (Wildman–Crippen LogP) is 2.95. The van der Waals surface area contributed by atoms with E-state index in [2.05, 4.69) is 15.1 Å². The highest BCUT2D eigenvalue weighted by molar-refractivity contribution is 7.12. The molecule has 0 spiro atoms. The summed E-state index contributed by atoms with van der Waals surface area (Å²) in [5.41, 5.74) is 1.64. The fourth-order valence-electron chi connectivity index (χ4n) is 2.87. The van der Waals surface area contributed by atoms with E-state index in [-0.39, 0.29) is 5.91 Å². The second-order valence-electron chi connectivity index (χ2n) is 5.94. The summed E-state index contributed by atoms with van der Waals surface area (Å²) in [6.07, 6.45) is 0. The van der Waals surface area contributed by atoms with Crippen molar-refractivity contribution >= 4 is 46.2 Å². The van der Waals surface area contributed by atoms with Crippen LogP contribution in [-0.2, 0) is 9.53 Å². The Morgan fingerprint density at radius 3 is 2.50 bits per heavy atom. The first-order chi connectivity index (χ1) is 12.6. The van der Waals surface area contributed by atoms with Gasteiger partial charge in [0.2, 0.25) is 5.91 Å². The maximum absolute atomic E-state index is 12.3. The van der Waals surface area contributed by atoms with Crippen LogP contribution in [0.4, 0.5) is 11.4 Å². The van der Waals surface area contributed by atoms with E-state index in [9.17, 15) is 9.59 Å². The maximum Gasteiger partial charge on any atom is 0.350 e. The van der Waals surface area contributed by atoms with Gasteiger partial charge in [-0.3, -0.25) is 9.69 Å². The van der Waals surface area contributed by atoms with Crippen LogP contribution in [-0.4, -0.2) is 56.6 Å². The largest absolute Gasteiger partial charge is 0.465 e. The molecule has 1 aromatic carbocycles. The number of anilines is 2. The summed E-state index contributed by atoms with van der Waals surface area (Å²) in [4.78, 5) is 28.8. The number of ether oxygens (including phenoxy) is 1. The number of hydrogen-bond donors (Lipinski definition) is 1. The van der Waals surface area contributed by atoms with Gasteiger partial charge in [-0.15, -0.1) is 11.3 Å². The molecule has 1 aliphatic heterocycles. The molecule has 0 unspecified atom stereocenters. The molecule has 0 bridgehead atoms. The molecule has 2 aromatic rings. The fourth-order valence-corrected chi connectivity index (χ4v) is 3.76. The molecule has 6 nitrogen and oxygen atoms in total. The fraction of sp³-hybridized carbons (Fsp3) is 0.333. The summed E-state index contributed by atoms with van der Waals surface area (Å²) in [6.45, 7) is 3.58. The van der Waals surface area contributed by atoms with Crippen LogP contribution in [0.2, 0.25) is 5.02 Å². The van der Waals surface area contributed by atoms with E-state index in [1.54, 1.807) is 11.4 Å². The molecule has 0 saturated carbocycles. The summed E-state index contributed by atoms with van der Waals surface area (Å²) in [5, 5.41) is 5.29. The van der Waals surface area contributed by atoms with Crippen molar-refractivity contribution in [2.24, 2.45) is 0 Å². The Bertz CT molecular complexity index is 770. The number of halogens is 1. The van der Waals surface area contributed by atoms with Gasteiger partial charge in [-0.25, -0.2) is 4.79 Å². The smallest absolute Gasteiger partial charge is 0.350 e. The van der Waals surface area contributed by atoms with Crippen LogP contribution in [0.1, 0.15) is 9.67 Å². The average Bonchev–Trinajstić information content (AvgIpc) is 3.10. The molecule has 8 heteroatoms. The van der Waals surface area contributed by atoms with Crippen molar-refractivity contribution in [1.29, 1.82) is 0 Å². The molecular formula is C18H20ClN3O3S. The van der Waals surface area contributed by atoms with Crippen molar-refractivity contribution in [1.82, 2.24) is 4.90 Å². The number of amides is 1. The molecular weight excluding hydrogens is 374 g/mol. The molecule has 1 aromatic heterocycles. The van der Waals surface area contributed by atoms with Gasteiger partial charge in [0.1, 0.15) is 4.88 Å². The predicted molar refractivity (Wildman–Crippen MR) is 104 cm³/mol. The summed E-state index contributed by atoms with van der Waals surface area (Å²) < 4.78 is 4.72. The Balaban J connectivity index is 1.50. The molecule has 0 atom stereocenters. The Morgan fingerprint density at radius 1 is 1.15 bits per heavy atom. The minimum absolute atomic E-state index is 0.131. The molecule has 138 valence electrons. The second-order valence-corrected chi connectivity index (χ2v) is 7.30. The molecule has 1 aliphatic rings. The third kappa shape index (κ3) is 4.55. The number of esters is 1. The molecule has 2 heterocycles. The molecule has 0 aliphatic carbocycles. The van der Waals surface area contributed by atoms with Crippen molar-refractivity contribution in [3.8, 4) is 0 Å². The van der Waals surface area contributed by atoms with Gasteiger partial charge in [-0.1, -0.05) is 11.6 Å². The van der Waals surface area contributed by atoms with Gasteiger partial charge in [0.05, 0.1) is 19.3 Å². The third-order valence-electron chi connectivity index (χ3n) is 4.24. The first-order valence-corrected chi connectivity index (χ1v) is 9.51. The van der Waals surface area contributed by atoms with Crippen LogP contribution in [0.25, 0.3) is 0 Å². The van der Waals surface area contributed by atoms with Crippen molar-refractivity contribution in [3.05, 3.63) is 45.6 Å². The lowest BCUT2D eigenvalue weighted by Gasteiger charge is -2.35. The van der Waals surface area contributed by atoms with E-state index >= 15 is 0 Å². The molecule has 1 N–H and O–H groups in total. The number of carbonyl (C=O) groups excluding carboxylic acids is 2. The second kappa shape index (κ2) is 8.53. The van der Waals surface area contributed by atoms with E-state index in [1.807, 2.05) is 24.3 Å². The number of nitrogens with one attached hydrogen (secondary N) is 1. The molecule has 26 heavy (non-hydrogen) atoms. The topological polar surface area (TPSA) is 61.9 Å². The van der Waals surface area contributed by atoms with Crippen LogP contribution in [0.15, 0.2) is 35.7 Å². The Morgan fingerprint density at radius 2 is 1.85 bits per heavy atom. The lowest BCUT2D eigenvalue weighted by Crippen LogP contribution is -2.48. The Hall–Kier alpha value is -2.09. The zero-order chi connectivity index (χ0) is 18.5. The number of carbonyl (C=O) groups is 2. The van der Waals surface area contributed by atoms with Gasteiger partial charge >= 0.3 is 5.97 Å². The van der Waals surface area contributed by atoms with Gasteiger partial charge in [0.25, 0.3) is 0 Å². The van der Waals surface area contributed by atoms with E-state index in [0.717, 1.165) is 36.9 Å². The standard InChI is InChI=1S/C18H20ClN3O3S/c1-25-18(24)17-15(6-11-26-17)20-16(23)12-21-7-9-22(10-8-21)14-4-2-13(19)3-5-14/h2-6,11H,7-10,12H2,1H3,(H,20,23). The highest BCUT2D eigenvalue weighted by Crippen LogP contribution is 2.23. The molecule has 3 rings (SSSR count). The normalized spacial score (nSPS) is 14.9. The SMILES string of the molecule is COC(=O)c1sccc1NC(=O)CN1CCN(c2ccc(Cl)cc2)CC1. The van der Waals surface area contributed by atoms with E-state index < -0.39 is 5.97 Å². The van der Waals surface area contributed by atoms with E-state index in [1.165, 1.54) is 18.4 Å². The number of benzene rings is 1. The summed E-state index contributed by atoms with van der Waals surface area (Å²) in [6, 6.07) is 9.51. The van der Waals surface area contributed by atoms with Crippen molar-refractivity contribution in [2.75, 3.05) is 50.1 Å². The lowest BCUT2D eigenvalue weighted by molar-refractivity contribution is -0.117. The molecule has 0 radical (unpaired) electrons. The number of methoxy groups -OCH3 is 1. The number of nitrogens with zero attached hydrogens (tertiary/aromatic N) is 2. The summed E-state index contributed by atoms with van der Waals surface area (Å²) in [7, 11) is 1.33. The first kappa shape index (κ1) is 18.7. The first-order valence-electron chi connectivity index (χ1n) is 8.25. The van der Waals surface area contributed by atoms with Crippen LogP contribution in [0.3, 0.4) is 0 Å². The van der Waals surface area contributed by atoms with Crippen LogP contribution in [0.5, 0.6) is 0 Å². The van der Waals surface area contributed by atoms with Crippen LogP contribution in [0, 0.1) is 0 Å². The van der Waals surface area contributed by atoms with Gasteiger partial charge in [0, 0.05) is 36.9 Å². The monoisotopic (exact) mass is 393 g/mol. The van der Waals surface area contributed by atoms with Crippen molar-refractivity contribution < 1.29 is 14.3 Å². The highest BCUT2D eigenvalue weighted by atomic mass is 35.5. The lowest BCUT2D eigenvalue weighted by atomic mass is 10.2.